The summed E-state index contributed by atoms with van der Waals surface area (Å²) in [6.45, 7) is 0.343. The number of para-hydroxylation sites is 1. The number of rotatable bonds is 6. The standard InChI is InChI=1S/C21H18N2O4/c24-17-11-10-16(19(25)12-17)13-22-23-21(26)18-8-4-5-9-20(18)27-14-15-6-2-1-3-7-15/h1-13,24-25H,14H2,(H,23,26). The van der Waals surface area contributed by atoms with Crippen LogP contribution in [0.3, 0.4) is 0 Å². The minimum absolute atomic E-state index is 0.0572. The fourth-order valence-electron chi connectivity index (χ4n) is 2.38. The molecular weight excluding hydrogens is 344 g/mol. The molecule has 3 aromatic rings. The summed E-state index contributed by atoms with van der Waals surface area (Å²) >= 11 is 0. The van der Waals surface area contributed by atoms with Crippen LogP contribution in [0.4, 0.5) is 0 Å². The van der Waals surface area contributed by atoms with Crippen LogP contribution in [0.15, 0.2) is 77.9 Å². The van der Waals surface area contributed by atoms with E-state index in [2.05, 4.69) is 10.5 Å². The third-order valence-corrected chi connectivity index (χ3v) is 3.75. The summed E-state index contributed by atoms with van der Waals surface area (Å²) in [6.07, 6.45) is 1.29. The number of benzene rings is 3. The topological polar surface area (TPSA) is 91.2 Å². The van der Waals surface area contributed by atoms with E-state index < -0.39 is 5.91 Å². The Morgan fingerprint density at radius 1 is 1.00 bits per heavy atom. The lowest BCUT2D eigenvalue weighted by molar-refractivity contribution is 0.0950. The van der Waals surface area contributed by atoms with E-state index in [1.807, 2.05) is 30.3 Å². The van der Waals surface area contributed by atoms with Crippen molar-refractivity contribution in [1.82, 2.24) is 5.43 Å². The Balaban J connectivity index is 1.67. The second-order valence-electron chi connectivity index (χ2n) is 5.71. The smallest absolute Gasteiger partial charge is 0.275 e. The zero-order valence-electron chi connectivity index (χ0n) is 14.4. The highest BCUT2D eigenvalue weighted by Crippen LogP contribution is 2.21. The zero-order chi connectivity index (χ0) is 19.1. The first-order valence-corrected chi connectivity index (χ1v) is 8.24. The van der Waals surface area contributed by atoms with Crippen LogP contribution in [0.1, 0.15) is 21.5 Å². The molecule has 0 aliphatic rings. The van der Waals surface area contributed by atoms with E-state index in [0.29, 0.717) is 23.5 Å². The molecule has 27 heavy (non-hydrogen) atoms. The van der Waals surface area contributed by atoms with Gasteiger partial charge >= 0.3 is 0 Å². The second-order valence-corrected chi connectivity index (χ2v) is 5.71. The van der Waals surface area contributed by atoms with Crippen LogP contribution >= 0.6 is 0 Å². The highest BCUT2D eigenvalue weighted by molar-refractivity contribution is 5.97. The molecule has 6 nitrogen and oxygen atoms in total. The number of amides is 1. The Hall–Kier alpha value is -3.80. The van der Waals surface area contributed by atoms with Gasteiger partial charge in [0.05, 0.1) is 11.8 Å². The van der Waals surface area contributed by atoms with Crippen LogP contribution in [0.2, 0.25) is 0 Å². The van der Waals surface area contributed by atoms with E-state index in [1.165, 1.54) is 24.4 Å². The molecular formula is C21H18N2O4. The first-order valence-electron chi connectivity index (χ1n) is 8.24. The lowest BCUT2D eigenvalue weighted by Crippen LogP contribution is -2.18. The highest BCUT2D eigenvalue weighted by Gasteiger charge is 2.11. The van der Waals surface area contributed by atoms with Crippen molar-refractivity contribution in [1.29, 1.82) is 0 Å². The SMILES string of the molecule is O=C(NN=Cc1ccc(O)cc1O)c1ccccc1OCc1ccccc1. The van der Waals surface area contributed by atoms with Gasteiger partial charge in [-0.25, -0.2) is 5.43 Å². The molecule has 0 aliphatic heterocycles. The molecule has 0 radical (unpaired) electrons. The van der Waals surface area contributed by atoms with Crippen LogP contribution in [0.5, 0.6) is 17.2 Å². The molecule has 0 atom stereocenters. The Labute approximate surface area is 156 Å². The fraction of sp³-hybridized carbons (Fsp3) is 0.0476. The van der Waals surface area contributed by atoms with Gasteiger partial charge in [-0.2, -0.15) is 5.10 Å². The predicted molar refractivity (Wildman–Crippen MR) is 102 cm³/mol. The summed E-state index contributed by atoms with van der Waals surface area (Å²) in [5, 5.41) is 22.8. The van der Waals surface area contributed by atoms with Crippen LogP contribution in [-0.2, 0) is 6.61 Å². The average molecular weight is 362 g/mol. The summed E-state index contributed by atoms with van der Waals surface area (Å²) in [6, 6.07) is 20.6. The molecule has 136 valence electrons. The number of ether oxygens (including phenoxy) is 1. The molecule has 3 N–H and O–H groups in total. The minimum atomic E-state index is -0.437. The van der Waals surface area contributed by atoms with Crippen molar-refractivity contribution in [3.63, 3.8) is 0 Å². The quantitative estimate of drug-likeness (QED) is 0.463. The molecule has 0 aliphatic carbocycles. The van der Waals surface area contributed by atoms with Crippen LogP contribution in [0, 0.1) is 0 Å². The van der Waals surface area contributed by atoms with Crippen LogP contribution in [0.25, 0.3) is 0 Å². The maximum absolute atomic E-state index is 12.4. The number of carbonyl (C=O) groups excluding carboxylic acids is 1. The van der Waals surface area contributed by atoms with Gasteiger partial charge in [-0.15, -0.1) is 0 Å². The number of hydrogen-bond acceptors (Lipinski definition) is 5. The number of hydrazone groups is 1. The van der Waals surface area contributed by atoms with E-state index in [0.717, 1.165) is 5.56 Å². The fourth-order valence-corrected chi connectivity index (χ4v) is 2.38. The first-order chi connectivity index (χ1) is 13.1. The van der Waals surface area contributed by atoms with E-state index in [-0.39, 0.29) is 11.5 Å². The highest BCUT2D eigenvalue weighted by atomic mass is 16.5. The lowest BCUT2D eigenvalue weighted by atomic mass is 10.2. The van der Waals surface area contributed by atoms with Gasteiger partial charge in [0, 0.05) is 11.6 Å². The zero-order valence-corrected chi connectivity index (χ0v) is 14.4. The maximum atomic E-state index is 12.4. The predicted octanol–water partition coefficient (Wildman–Crippen LogP) is 3.44. The Morgan fingerprint density at radius 3 is 2.52 bits per heavy atom. The van der Waals surface area contributed by atoms with Crippen molar-refractivity contribution in [2.24, 2.45) is 5.10 Å². The number of hydrogen-bond donors (Lipinski definition) is 3. The maximum Gasteiger partial charge on any atom is 0.275 e. The number of phenolic OH excluding ortho intramolecular Hbond substituents is 2. The number of carbonyl (C=O) groups is 1. The van der Waals surface area contributed by atoms with Gasteiger partial charge in [0.1, 0.15) is 23.9 Å². The molecule has 3 rings (SSSR count). The molecule has 0 spiro atoms. The summed E-state index contributed by atoms with van der Waals surface area (Å²) in [5.41, 5.74) is 4.11. The molecule has 0 heterocycles. The van der Waals surface area contributed by atoms with Gasteiger partial charge in [0.25, 0.3) is 5.91 Å². The Bertz CT molecular complexity index is 955. The molecule has 0 bridgehead atoms. The molecule has 0 saturated carbocycles. The van der Waals surface area contributed by atoms with E-state index in [1.54, 1.807) is 24.3 Å². The lowest BCUT2D eigenvalue weighted by Gasteiger charge is -2.10. The summed E-state index contributed by atoms with van der Waals surface area (Å²) < 4.78 is 5.76. The van der Waals surface area contributed by atoms with E-state index in [9.17, 15) is 15.0 Å². The van der Waals surface area contributed by atoms with Gasteiger partial charge in [0.15, 0.2) is 0 Å². The van der Waals surface area contributed by atoms with Gasteiger partial charge < -0.3 is 14.9 Å². The number of nitrogens with zero attached hydrogens (tertiary/aromatic N) is 1. The van der Waals surface area contributed by atoms with Crippen molar-refractivity contribution >= 4 is 12.1 Å². The van der Waals surface area contributed by atoms with E-state index in [4.69, 9.17) is 4.74 Å². The van der Waals surface area contributed by atoms with Crippen molar-refractivity contribution in [2.45, 2.75) is 6.61 Å². The Morgan fingerprint density at radius 2 is 1.74 bits per heavy atom. The summed E-state index contributed by atoms with van der Waals surface area (Å²) in [7, 11) is 0. The van der Waals surface area contributed by atoms with Gasteiger partial charge in [-0.1, -0.05) is 42.5 Å². The molecule has 6 heteroatoms. The van der Waals surface area contributed by atoms with Gasteiger partial charge in [-0.05, 0) is 29.8 Å². The molecule has 3 aromatic carbocycles. The molecule has 0 aromatic heterocycles. The third-order valence-electron chi connectivity index (χ3n) is 3.75. The van der Waals surface area contributed by atoms with Crippen molar-refractivity contribution in [2.75, 3.05) is 0 Å². The monoisotopic (exact) mass is 362 g/mol. The summed E-state index contributed by atoms with van der Waals surface area (Å²) in [5.74, 6) is -0.188. The normalized spacial score (nSPS) is 10.7. The largest absolute Gasteiger partial charge is 0.508 e. The first kappa shape index (κ1) is 18.0. The average Bonchev–Trinajstić information content (AvgIpc) is 2.69. The van der Waals surface area contributed by atoms with Crippen molar-refractivity contribution in [3.8, 4) is 17.2 Å². The third kappa shape index (κ3) is 4.85. The number of aromatic hydroxyl groups is 2. The minimum Gasteiger partial charge on any atom is -0.508 e. The van der Waals surface area contributed by atoms with Crippen LogP contribution < -0.4 is 10.2 Å². The van der Waals surface area contributed by atoms with Gasteiger partial charge in [-0.3, -0.25) is 4.79 Å². The number of nitrogens with one attached hydrogen (secondary N) is 1. The molecule has 1 amide bonds. The molecule has 0 fully saturated rings. The van der Waals surface area contributed by atoms with Crippen molar-refractivity contribution in [3.05, 3.63) is 89.5 Å². The van der Waals surface area contributed by atoms with E-state index >= 15 is 0 Å². The second kappa shape index (κ2) is 8.53. The summed E-state index contributed by atoms with van der Waals surface area (Å²) in [4.78, 5) is 12.4. The Kier molecular flexibility index (Phi) is 5.69. The van der Waals surface area contributed by atoms with Crippen molar-refractivity contribution < 1.29 is 19.7 Å². The number of phenols is 2. The van der Waals surface area contributed by atoms with Gasteiger partial charge in [0.2, 0.25) is 0 Å². The molecule has 0 saturated heterocycles. The van der Waals surface area contributed by atoms with Crippen LogP contribution in [-0.4, -0.2) is 22.3 Å². The molecule has 0 unspecified atom stereocenters.